The molecule has 0 saturated carbocycles. The first-order chi connectivity index (χ1) is 17.5. The summed E-state index contributed by atoms with van der Waals surface area (Å²) < 4.78 is 22.8. The number of furan rings is 1. The van der Waals surface area contributed by atoms with E-state index < -0.39 is 5.97 Å². The van der Waals surface area contributed by atoms with Crippen molar-refractivity contribution < 1.29 is 28.2 Å². The summed E-state index contributed by atoms with van der Waals surface area (Å²) in [7, 11) is 0. The molecule has 3 heterocycles. The lowest BCUT2D eigenvalue weighted by Gasteiger charge is -2.06. The van der Waals surface area contributed by atoms with Gasteiger partial charge in [0.25, 0.3) is 0 Å². The number of carbonyl (C=O) groups excluding carboxylic acids is 2. The van der Waals surface area contributed by atoms with E-state index in [-0.39, 0.29) is 17.3 Å². The average molecular weight is 479 g/mol. The van der Waals surface area contributed by atoms with Gasteiger partial charge >= 0.3 is 5.97 Å². The van der Waals surface area contributed by atoms with Crippen molar-refractivity contribution in [1.29, 1.82) is 0 Å². The first-order valence-corrected chi connectivity index (χ1v) is 11.5. The molecule has 1 N–H and O–H groups in total. The van der Waals surface area contributed by atoms with Crippen molar-refractivity contribution in [3.05, 3.63) is 95.1 Å². The molecule has 178 valence electrons. The summed E-state index contributed by atoms with van der Waals surface area (Å²) in [6, 6.07) is 17.9. The number of ketones is 1. The van der Waals surface area contributed by atoms with Crippen LogP contribution in [0.1, 0.15) is 39.0 Å². The number of rotatable bonds is 5. The number of benzene rings is 3. The van der Waals surface area contributed by atoms with E-state index in [1.807, 2.05) is 37.4 Å². The van der Waals surface area contributed by atoms with Gasteiger partial charge in [-0.25, -0.2) is 4.79 Å². The van der Waals surface area contributed by atoms with Crippen LogP contribution in [0.4, 0.5) is 0 Å². The zero-order chi connectivity index (χ0) is 24.8. The lowest BCUT2D eigenvalue weighted by atomic mass is 10.1. The molecular weight excluding hydrogens is 458 g/mol. The molecule has 7 nitrogen and oxygen atoms in total. The van der Waals surface area contributed by atoms with Crippen LogP contribution in [0, 0.1) is 6.92 Å². The van der Waals surface area contributed by atoms with Gasteiger partial charge in [-0.3, -0.25) is 4.79 Å². The first-order valence-electron chi connectivity index (χ1n) is 11.5. The Bertz CT molecular complexity index is 1700. The summed E-state index contributed by atoms with van der Waals surface area (Å²) in [6.45, 7) is 4.11. The Balaban J connectivity index is 1.27. The molecule has 0 spiro atoms. The smallest absolute Gasteiger partial charge is 0.347 e. The number of aryl methyl sites for hydroxylation is 1. The SMILES string of the molecule is CCOc1ccc2oc(C)c(C(=O)Oc3ccc4c(c3)OC(=Cc3c[nH]c5ccccc35)C4=O)c2c1. The predicted octanol–water partition coefficient (Wildman–Crippen LogP) is 6.46. The predicted molar refractivity (Wildman–Crippen MR) is 135 cm³/mol. The molecule has 0 saturated heterocycles. The molecule has 6 rings (SSSR count). The Morgan fingerprint density at radius 2 is 1.86 bits per heavy atom. The topological polar surface area (TPSA) is 90.8 Å². The van der Waals surface area contributed by atoms with Gasteiger partial charge in [-0.2, -0.15) is 0 Å². The van der Waals surface area contributed by atoms with Gasteiger partial charge in [-0.15, -0.1) is 0 Å². The molecule has 0 aliphatic carbocycles. The Kier molecular flexibility index (Phi) is 5.11. The van der Waals surface area contributed by atoms with Crippen molar-refractivity contribution in [2.75, 3.05) is 6.61 Å². The summed E-state index contributed by atoms with van der Waals surface area (Å²) in [4.78, 5) is 29.2. The van der Waals surface area contributed by atoms with E-state index in [0.717, 1.165) is 16.5 Å². The Hall–Kier alpha value is -4.78. The minimum absolute atomic E-state index is 0.207. The second kappa shape index (κ2) is 8.46. The number of hydrogen-bond donors (Lipinski definition) is 1. The quantitative estimate of drug-likeness (QED) is 0.177. The van der Waals surface area contributed by atoms with Crippen LogP contribution in [0.5, 0.6) is 17.2 Å². The molecule has 7 heteroatoms. The maximum atomic E-state index is 13.1. The van der Waals surface area contributed by atoms with Crippen LogP contribution in [0.25, 0.3) is 27.9 Å². The number of Topliss-reactive ketones (excluding diaryl/α,β-unsaturated/α-hetero) is 1. The molecule has 0 atom stereocenters. The van der Waals surface area contributed by atoms with Gasteiger partial charge in [0.05, 0.1) is 12.2 Å². The highest BCUT2D eigenvalue weighted by Gasteiger charge is 2.29. The monoisotopic (exact) mass is 479 g/mol. The maximum absolute atomic E-state index is 13.1. The number of aromatic nitrogens is 1. The van der Waals surface area contributed by atoms with E-state index in [0.29, 0.717) is 46.0 Å². The Morgan fingerprint density at radius 3 is 2.72 bits per heavy atom. The molecule has 0 radical (unpaired) electrons. The number of carbonyl (C=O) groups is 2. The molecule has 3 aromatic carbocycles. The van der Waals surface area contributed by atoms with Crippen molar-refractivity contribution in [3.8, 4) is 17.2 Å². The van der Waals surface area contributed by atoms with Crippen LogP contribution in [0.3, 0.4) is 0 Å². The zero-order valence-electron chi connectivity index (χ0n) is 19.6. The molecule has 1 aliphatic rings. The van der Waals surface area contributed by atoms with Gasteiger partial charge in [0.15, 0.2) is 5.76 Å². The molecule has 0 fully saturated rings. The molecule has 0 amide bonds. The maximum Gasteiger partial charge on any atom is 0.347 e. The van der Waals surface area contributed by atoms with Gasteiger partial charge in [0.2, 0.25) is 5.78 Å². The van der Waals surface area contributed by atoms with Gasteiger partial charge in [0, 0.05) is 34.1 Å². The fourth-order valence-electron chi connectivity index (χ4n) is 4.45. The Labute approximate surface area is 205 Å². The molecule has 1 aliphatic heterocycles. The largest absolute Gasteiger partial charge is 0.494 e. The highest BCUT2D eigenvalue weighted by atomic mass is 16.5. The molecule has 2 aromatic heterocycles. The third kappa shape index (κ3) is 3.62. The van der Waals surface area contributed by atoms with E-state index in [4.69, 9.17) is 18.6 Å². The lowest BCUT2D eigenvalue weighted by molar-refractivity contribution is 0.0734. The van der Waals surface area contributed by atoms with Crippen LogP contribution in [0.2, 0.25) is 0 Å². The number of H-pyrrole nitrogens is 1. The fraction of sp³-hybridized carbons (Fsp3) is 0.103. The number of para-hydroxylation sites is 1. The number of aromatic amines is 1. The number of esters is 1. The highest BCUT2D eigenvalue weighted by Crippen LogP contribution is 2.36. The first kappa shape index (κ1) is 21.7. The highest BCUT2D eigenvalue weighted by molar-refractivity contribution is 6.15. The minimum Gasteiger partial charge on any atom is -0.494 e. The number of allylic oxidation sites excluding steroid dienone is 1. The van der Waals surface area contributed by atoms with Gasteiger partial charge in [0.1, 0.15) is 34.2 Å². The van der Waals surface area contributed by atoms with Crippen LogP contribution in [0.15, 0.2) is 77.0 Å². The van der Waals surface area contributed by atoms with E-state index in [1.54, 1.807) is 49.4 Å². The summed E-state index contributed by atoms with van der Waals surface area (Å²) in [5, 5.41) is 1.60. The average Bonchev–Trinajstić information content (AvgIpc) is 3.52. The molecule has 0 bridgehead atoms. The van der Waals surface area contributed by atoms with Crippen molar-refractivity contribution in [3.63, 3.8) is 0 Å². The third-order valence-corrected chi connectivity index (χ3v) is 6.11. The lowest BCUT2D eigenvalue weighted by Crippen LogP contribution is -2.09. The van der Waals surface area contributed by atoms with Crippen LogP contribution in [-0.2, 0) is 0 Å². The van der Waals surface area contributed by atoms with E-state index in [9.17, 15) is 9.59 Å². The number of ether oxygens (including phenoxy) is 3. The molecule has 36 heavy (non-hydrogen) atoms. The van der Waals surface area contributed by atoms with Crippen molar-refractivity contribution in [1.82, 2.24) is 4.98 Å². The standard InChI is InChI=1S/C29H21NO6/c1-3-33-18-9-11-24-22(13-18)27(16(2)34-24)29(32)35-19-8-10-21-25(14-19)36-26(28(21)31)12-17-15-30-23-7-5-4-6-20(17)23/h4-15,30H,3H2,1-2H3. The normalized spacial score (nSPS) is 13.8. The number of hydrogen-bond acceptors (Lipinski definition) is 6. The number of fused-ring (bicyclic) bond motifs is 3. The van der Waals surface area contributed by atoms with Crippen molar-refractivity contribution in [2.45, 2.75) is 13.8 Å². The van der Waals surface area contributed by atoms with Crippen LogP contribution in [-0.4, -0.2) is 23.3 Å². The summed E-state index contributed by atoms with van der Waals surface area (Å²) >= 11 is 0. The second-order valence-corrected chi connectivity index (χ2v) is 8.40. The van der Waals surface area contributed by atoms with Crippen LogP contribution >= 0.6 is 0 Å². The minimum atomic E-state index is -0.571. The molecule has 5 aromatic rings. The van der Waals surface area contributed by atoms with Gasteiger partial charge in [-0.1, -0.05) is 18.2 Å². The van der Waals surface area contributed by atoms with E-state index in [1.165, 1.54) is 0 Å². The zero-order valence-corrected chi connectivity index (χ0v) is 19.6. The summed E-state index contributed by atoms with van der Waals surface area (Å²) in [6.07, 6.45) is 3.54. The van der Waals surface area contributed by atoms with E-state index in [2.05, 4.69) is 4.98 Å². The summed E-state index contributed by atoms with van der Waals surface area (Å²) in [5.41, 5.74) is 3.12. The second-order valence-electron chi connectivity index (χ2n) is 8.40. The molecule has 0 unspecified atom stereocenters. The Morgan fingerprint density at radius 1 is 1.03 bits per heavy atom. The van der Waals surface area contributed by atoms with E-state index >= 15 is 0 Å². The van der Waals surface area contributed by atoms with Gasteiger partial charge < -0.3 is 23.6 Å². The van der Waals surface area contributed by atoms with Crippen molar-refractivity contribution in [2.24, 2.45) is 0 Å². The van der Waals surface area contributed by atoms with Gasteiger partial charge in [-0.05, 0) is 56.3 Å². The molecular formula is C29H21NO6. The fourth-order valence-corrected chi connectivity index (χ4v) is 4.45. The van der Waals surface area contributed by atoms with Crippen molar-refractivity contribution >= 4 is 39.7 Å². The van der Waals surface area contributed by atoms with Crippen LogP contribution < -0.4 is 14.2 Å². The third-order valence-electron chi connectivity index (χ3n) is 6.11. The summed E-state index contributed by atoms with van der Waals surface area (Å²) in [5.74, 6) is 1.09. The number of nitrogens with one attached hydrogen (secondary N) is 1.